The minimum atomic E-state index is -0.603. The molecule has 0 radical (unpaired) electrons. The molecular weight excluding hydrogens is 587 g/mol. The van der Waals surface area contributed by atoms with Gasteiger partial charge in [0.25, 0.3) is 0 Å². The Labute approximate surface area is 241 Å². The number of anilines is 1. The predicted octanol–water partition coefficient (Wildman–Crippen LogP) is 8.23. The Bertz CT molecular complexity index is 1410. The molecule has 0 spiro atoms. The van der Waals surface area contributed by atoms with Crippen molar-refractivity contribution in [2.45, 2.75) is 52.2 Å². The largest absolute Gasteiger partial charge is 0.459 e. The first-order valence-electron chi connectivity index (χ1n) is 12.6. The number of nitrogens with zero attached hydrogens (tertiary/aromatic N) is 2. The molecule has 1 atom stereocenters. The average Bonchev–Trinajstić information content (AvgIpc) is 2.85. The molecule has 0 saturated carbocycles. The number of hydrogen-bond acceptors (Lipinski definition) is 4. The van der Waals surface area contributed by atoms with E-state index < -0.39 is 11.5 Å². The summed E-state index contributed by atoms with van der Waals surface area (Å²) >= 11 is 10.0. The Morgan fingerprint density at radius 2 is 1.79 bits per heavy atom. The fourth-order valence-corrected chi connectivity index (χ4v) is 5.08. The van der Waals surface area contributed by atoms with Crippen molar-refractivity contribution in [3.05, 3.63) is 86.6 Å². The number of rotatable bonds is 5. The van der Waals surface area contributed by atoms with Crippen molar-refractivity contribution in [2.24, 2.45) is 0 Å². The first-order valence-corrected chi connectivity index (χ1v) is 13.8. The van der Waals surface area contributed by atoms with Gasteiger partial charge in [0.05, 0.1) is 5.92 Å². The number of carbonyl (C=O) groups is 2. The summed E-state index contributed by atoms with van der Waals surface area (Å²) in [6, 6.07) is 15.1. The van der Waals surface area contributed by atoms with Crippen LogP contribution in [0.25, 0.3) is 0 Å². The summed E-state index contributed by atoms with van der Waals surface area (Å²) in [5, 5.41) is 0.443. The third kappa shape index (κ3) is 6.92. The van der Waals surface area contributed by atoms with E-state index >= 15 is 0 Å². The van der Waals surface area contributed by atoms with E-state index in [4.69, 9.17) is 21.1 Å². The fourth-order valence-electron chi connectivity index (χ4n) is 4.47. The maximum absolute atomic E-state index is 13.6. The molecule has 1 aliphatic rings. The second kappa shape index (κ2) is 11.6. The number of ether oxygens (including phenoxy) is 2. The van der Waals surface area contributed by atoms with E-state index in [-0.39, 0.29) is 24.4 Å². The summed E-state index contributed by atoms with van der Waals surface area (Å²) < 4.78 is 25.9. The van der Waals surface area contributed by atoms with Gasteiger partial charge in [-0.1, -0.05) is 33.6 Å². The highest BCUT2D eigenvalue weighted by Gasteiger charge is 2.36. The zero-order valence-electron chi connectivity index (χ0n) is 22.6. The summed E-state index contributed by atoms with van der Waals surface area (Å²) in [7, 11) is 1.71. The second-order valence-electron chi connectivity index (χ2n) is 10.6. The summed E-state index contributed by atoms with van der Waals surface area (Å²) in [5.41, 5.74) is 2.06. The van der Waals surface area contributed by atoms with Crippen LogP contribution in [0.5, 0.6) is 11.5 Å². The molecule has 206 valence electrons. The number of carbonyl (C=O) groups excluding carboxylic acids is 2. The van der Waals surface area contributed by atoms with Gasteiger partial charge in [-0.05, 0) is 99.3 Å². The molecule has 3 aromatic rings. The minimum absolute atomic E-state index is 0.209. The van der Waals surface area contributed by atoms with Crippen LogP contribution < -0.4 is 9.64 Å². The zero-order chi connectivity index (χ0) is 28.5. The monoisotopic (exact) mass is 616 g/mol. The topological polar surface area (TPSA) is 59.1 Å². The number of esters is 1. The van der Waals surface area contributed by atoms with Gasteiger partial charge in [0.1, 0.15) is 22.9 Å². The van der Waals surface area contributed by atoms with Crippen LogP contribution in [0.15, 0.2) is 59.1 Å². The van der Waals surface area contributed by atoms with Crippen molar-refractivity contribution in [3.63, 3.8) is 0 Å². The highest BCUT2D eigenvalue weighted by molar-refractivity contribution is 9.10. The standard InChI is InChI=1S/C30H31BrClFN2O4/c1-18-14-21(9-10-26(18)33)38-22-8-6-19(25(32)16-22)17-34(5)29(37)35-13-12-23(28(36)39-30(2,3)4)24-15-20(31)7-11-27(24)35/h6-11,14-16,23H,12-13,17H2,1-5H3. The highest BCUT2D eigenvalue weighted by atomic mass is 79.9. The molecule has 1 unspecified atom stereocenters. The van der Waals surface area contributed by atoms with E-state index in [1.807, 2.05) is 39.0 Å². The molecular formula is C30H31BrClFN2O4. The van der Waals surface area contributed by atoms with Crippen molar-refractivity contribution in [2.75, 3.05) is 18.5 Å². The number of aryl methyl sites for hydroxylation is 1. The molecule has 4 rings (SSSR count). The van der Waals surface area contributed by atoms with Crippen LogP contribution in [0, 0.1) is 12.7 Å². The first-order chi connectivity index (χ1) is 18.3. The molecule has 0 N–H and O–H groups in total. The van der Waals surface area contributed by atoms with Crippen molar-refractivity contribution in [1.82, 2.24) is 4.90 Å². The van der Waals surface area contributed by atoms with Gasteiger partial charge < -0.3 is 14.4 Å². The molecule has 0 fully saturated rings. The SMILES string of the molecule is Cc1cc(Oc2ccc(CN(C)C(=O)N3CCC(C(=O)OC(C)(C)C)c4cc(Br)ccc43)c(Cl)c2)ccc1F. The lowest BCUT2D eigenvalue weighted by atomic mass is 9.90. The van der Waals surface area contributed by atoms with Gasteiger partial charge in [-0.15, -0.1) is 0 Å². The first kappa shape index (κ1) is 28.9. The molecule has 2 amide bonds. The molecule has 0 aromatic heterocycles. The number of hydrogen-bond donors (Lipinski definition) is 0. The lowest BCUT2D eigenvalue weighted by molar-refractivity contribution is -0.157. The number of benzene rings is 3. The fraction of sp³-hybridized carbons (Fsp3) is 0.333. The maximum Gasteiger partial charge on any atom is 0.324 e. The van der Waals surface area contributed by atoms with Gasteiger partial charge in [-0.2, -0.15) is 0 Å². The lowest BCUT2D eigenvalue weighted by Gasteiger charge is -2.36. The molecule has 0 aliphatic carbocycles. The summed E-state index contributed by atoms with van der Waals surface area (Å²) in [6.07, 6.45) is 0.452. The van der Waals surface area contributed by atoms with Crippen LogP contribution in [-0.2, 0) is 16.1 Å². The Morgan fingerprint density at radius 1 is 1.10 bits per heavy atom. The number of amides is 2. The van der Waals surface area contributed by atoms with Gasteiger partial charge in [-0.3, -0.25) is 9.69 Å². The molecule has 0 bridgehead atoms. The summed E-state index contributed by atoms with van der Waals surface area (Å²) in [4.78, 5) is 29.8. The number of urea groups is 1. The van der Waals surface area contributed by atoms with E-state index in [0.717, 1.165) is 15.6 Å². The lowest BCUT2D eigenvalue weighted by Crippen LogP contribution is -2.45. The van der Waals surface area contributed by atoms with E-state index in [9.17, 15) is 14.0 Å². The predicted molar refractivity (Wildman–Crippen MR) is 154 cm³/mol. The van der Waals surface area contributed by atoms with E-state index in [0.29, 0.717) is 40.7 Å². The molecule has 9 heteroatoms. The van der Waals surface area contributed by atoms with Crippen LogP contribution in [0.3, 0.4) is 0 Å². The zero-order valence-corrected chi connectivity index (χ0v) is 24.9. The van der Waals surface area contributed by atoms with E-state index in [2.05, 4.69) is 15.9 Å². The highest BCUT2D eigenvalue weighted by Crippen LogP contribution is 2.39. The van der Waals surface area contributed by atoms with Gasteiger partial charge in [0.15, 0.2) is 0 Å². The van der Waals surface area contributed by atoms with Crippen LogP contribution in [0.4, 0.5) is 14.9 Å². The number of fused-ring (bicyclic) bond motifs is 1. The minimum Gasteiger partial charge on any atom is -0.459 e. The van der Waals surface area contributed by atoms with Gasteiger partial charge >= 0.3 is 12.0 Å². The number of halogens is 3. The van der Waals surface area contributed by atoms with Crippen molar-refractivity contribution >= 4 is 45.2 Å². The van der Waals surface area contributed by atoms with E-state index in [1.54, 1.807) is 54.1 Å². The third-order valence-corrected chi connectivity index (χ3v) is 7.19. The van der Waals surface area contributed by atoms with Crippen LogP contribution in [0.1, 0.15) is 49.8 Å². The molecule has 1 aliphatic heterocycles. The molecule has 6 nitrogen and oxygen atoms in total. The van der Waals surface area contributed by atoms with Gasteiger partial charge in [0, 0.05) is 35.3 Å². The molecule has 0 saturated heterocycles. The van der Waals surface area contributed by atoms with Crippen molar-refractivity contribution in [1.29, 1.82) is 0 Å². The van der Waals surface area contributed by atoms with Crippen LogP contribution in [0.2, 0.25) is 5.02 Å². The Morgan fingerprint density at radius 3 is 2.46 bits per heavy atom. The molecule has 1 heterocycles. The van der Waals surface area contributed by atoms with Crippen molar-refractivity contribution < 1.29 is 23.5 Å². The Kier molecular flexibility index (Phi) is 8.57. The van der Waals surface area contributed by atoms with Crippen LogP contribution >= 0.6 is 27.5 Å². The quantitative estimate of drug-likeness (QED) is 0.271. The normalized spacial score (nSPS) is 15.0. The second-order valence-corrected chi connectivity index (χ2v) is 12.0. The summed E-state index contributed by atoms with van der Waals surface area (Å²) in [5.74, 6) is -0.0459. The van der Waals surface area contributed by atoms with Gasteiger partial charge in [0.2, 0.25) is 0 Å². The maximum atomic E-state index is 13.6. The average molecular weight is 618 g/mol. The smallest absolute Gasteiger partial charge is 0.324 e. The summed E-state index contributed by atoms with van der Waals surface area (Å²) in [6.45, 7) is 7.84. The van der Waals surface area contributed by atoms with E-state index in [1.165, 1.54) is 6.07 Å². The third-order valence-electron chi connectivity index (χ3n) is 6.34. The Balaban J connectivity index is 1.49. The van der Waals surface area contributed by atoms with Gasteiger partial charge in [-0.25, -0.2) is 9.18 Å². The van der Waals surface area contributed by atoms with Crippen molar-refractivity contribution in [3.8, 4) is 11.5 Å². The van der Waals surface area contributed by atoms with Crippen LogP contribution in [-0.4, -0.2) is 36.1 Å². The molecule has 3 aromatic carbocycles. The molecule has 39 heavy (non-hydrogen) atoms. The Hall–Kier alpha value is -3.10.